The molecule has 2 bridgehead atoms. The second-order valence-corrected chi connectivity index (χ2v) is 7.49. The maximum atomic E-state index is 12.0. The van der Waals surface area contributed by atoms with Crippen LogP contribution < -0.4 is 9.47 Å². The first-order chi connectivity index (χ1) is 11.2. The van der Waals surface area contributed by atoms with Gasteiger partial charge in [0.05, 0.1) is 11.8 Å². The van der Waals surface area contributed by atoms with Crippen molar-refractivity contribution in [2.45, 2.75) is 56.8 Å². The standard InChI is InChI=1S/C19H20O4/c20-18(10-1-2-10)22-14-7-8-15(23-19(21)11-3-4-11)17-13-6-5-12(9-13)16(14)17/h7-8,10-13H,1-6,9H2. The number of hydrogen-bond acceptors (Lipinski definition) is 4. The van der Waals surface area contributed by atoms with Crippen LogP contribution in [0.25, 0.3) is 0 Å². The summed E-state index contributed by atoms with van der Waals surface area (Å²) < 4.78 is 11.3. The maximum absolute atomic E-state index is 12.0. The Morgan fingerprint density at radius 2 is 1.17 bits per heavy atom. The highest BCUT2D eigenvalue weighted by molar-refractivity contribution is 5.80. The molecule has 2 unspecified atom stereocenters. The molecule has 120 valence electrons. The third kappa shape index (κ3) is 2.27. The van der Waals surface area contributed by atoms with Gasteiger partial charge in [0, 0.05) is 11.1 Å². The molecule has 0 aromatic heterocycles. The average molecular weight is 312 g/mol. The van der Waals surface area contributed by atoms with Gasteiger partial charge in [0.2, 0.25) is 0 Å². The molecule has 2 atom stereocenters. The number of carbonyl (C=O) groups is 2. The van der Waals surface area contributed by atoms with Gasteiger partial charge in [0.25, 0.3) is 0 Å². The number of carbonyl (C=O) groups excluding carboxylic acids is 2. The van der Waals surface area contributed by atoms with Crippen LogP contribution in [0.5, 0.6) is 11.5 Å². The zero-order valence-electron chi connectivity index (χ0n) is 13.0. The molecule has 0 spiro atoms. The van der Waals surface area contributed by atoms with E-state index in [0.717, 1.165) is 56.1 Å². The maximum Gasteiger partial charge on any atom is 0.314 e. The fourth-order valence-electron chi connectivity index (χ4n) is 4.14. The van der Waals surface area contributed by atoms with Crippen LogP contribution in [0.3, 0.4) is 0 Å². The van der Waals surface area contributed by atoms with Crippen molar-refractivity contribution in [2.75, 3.05) is 0 Å². The van der Waals surface area contributed by atoms with Crippen molar-refractivity contribution in [3.8, 4) is 11.5 Å². The summed E-state index contributed by atoms with van der Waals surface area (Å²) in [7, 11) is 0. The summed E-state index contributed by atoms with van der Waals surface area (Å²) in [4.78, 5) is 24.1. The molecule has 5 rings (SSSR count). The molecule has 23 heavy (non-hydrogen) atoms. The smallest absolute Gasteiger partial charge is 0.314 e. The van der Waals surface area contributed by atoms with Gasteiger partial charge < -0.3 is 9.47 Å². The van der Waals surface area contributed by atoms with E-state index in [4.69, 9.17) is 9.47 Å². The molecule has 4 nitrogen and oxygen atoms in total. The Balaban J connectivity index is 1.49. The van der Waals surface area contributed by atoms with Gasteiger partial charge in [-0.25, -0.2) is 0 Å². The van der Waals surface area contributed by atoms with E-state index in [9.17, 15) is 9.59 Å². The zero-order valence-corrected chi connectivity index (χ0v) is 13.0. The first-order valence-corrected chi connectivity index (χ1v) is 8.81. The highest BCUT2D eigenvalue weighted by atomic mass is 16.5. The molecule has 0 N–H and O–H groups in total. The molecule has 0 heterocycles. The van der Waals surface area contributed by atoms with Gasteiger partial charge in [-0.05, 0) is 68.9 Å². The molecule has 3 saturated carbocycles. The minimum absolute atomic E-state index is 0.0941. The Morgan fingerprint density at radius 1 is 0.739 bits per heavy atom. The van der Waals surface area contributed by atoms with Gasteiger partial charge in [0.15, 0.2) is 0 Å². The van der Waals surface area contributed by atoms with Crippen LogP contribution in [0.4, 0.5) is 0 Å². The van der Waals surface area contributed by atoms with Crippen molar-refractivity contribution in [1.29, 1.82) is 0 Å². The Morgan fingerprint density at radius 3 is 1.57 bits per heavy atom. The molecule has 1 aromatic carbocycles. The van der Waals surface area contributed by atoms with Gasteiger partial charge >= 0.3 is 11.9 Å². The SMILES string of the molecule is O=C(Oc1ccc(OC(=O)C2CC2)c2c1C1CCC2C1)C1CC1. The fraction of sp³-hybridized carbons (Fsp3) is 0.579. The van der Waals surface area contributed by atoms with Gasteiger partial charge in [-0.2, -0.15) is 0 Å². The van der Waals surface area contributed by atoms with E-state index in [1.54, 1.807) is 0 Å². The summed E-state index contributed by atoms with van der Waals surface area (Å²) in [5, 5.41) is 0. The molecular weight excluding hydrogens is 292 g/mol. The lowest BCUT2D eigenvalue weighted by atomic mass is 9.90. The third-order valence-electron chi connectivity index (χ3n) is 5.70. The predicted molar refractivity (Wildman–Crippen MR) is 82.5 cm³/mol. The van der Waals surface area contributed by atoms with Crippen LogP contribution in [-0.2, 0) is 9.59 Å². The third-order valence-corrected chi connectivity index (χ3v) is 5.70. The number of ether oxygens (including phenoxy) is 2. The van der Waals surface area contributed by atoms with E-state index >= 15 is 0 Å². The molecule has 0 saturated heterocycles. The molecule has 0 radical (unpaired) electrons. The molecule has 4 heteroatoms. The molecule has 4 aliphatic rings. The number of benzene rings is 1. The lowest BCUT2D eigenvalue weighted by Crippen LogP contribution is -2.15. The van der Waals surface area contributed by atoms with E-state index in [1.807, 2.05) is 12.1 Å². The van der Waals surface area contributed by atoms with E-state index in [-0.39, 0.29) is 23.8 Å². The topological polar surface area (TPSA) is 52.6 Å². The minimum Gasteiger partial charge on any atom is -0.426 e. The first-order valence-electron chi connectivity index (χ1n) is 8.81. The lowest BCUT2D eigenvalue weighted by Gasteiger charge is -2.21. The second kappa shape index (κ2) is 4.83. The van der Waals surface area contributed by atoms with Crippen LogP contribution in [0.1, 0.15) is 67.9 Å². The second-order valence-electron chi connectivity index (χ2n) is 7.49. The first kappa shape index (κ1) is 13.6. The molecule has 0 aliphatic heterocycles. The minimum atomic E-state index is -0.0994. The summed E-state index contributed by atoms with van der Waals surface area (Å²) in [6, 6.07) is 3.66. The van der Waals surface area contributed by atoms with Gasteiger partial charge in [-0.1, -0.05) is 0 Å². The predicted octanol–water partition coefficient (Wildman–Crippen LogP) is 3.68. The highest BCUT2D eigenvalue weighted by Crippen LogP contribution is 2.59. The summed E-state index contributed by atoms with van der Waals surface area (Å²) in [6.45, 7) is 0. The molecule has 1 aromatic rings. The van der Waals surface area contributed by atoms with Crippen molar-refractivity contribution < 1.29 is 19.1 Å². The van der Waals surface area contributed by atoms with E-state index in [1.165, 1.54) is 0 Å². The van der Waals surface area contributed by atoms with Crippen LogP contribution in [0, 0.1) is 11.8 Å². The monoisotopic (exact) mass is 312 g/mol. The van der Waals surface area contributed by atoms with Gasteiger partial charge in [0.1, 0.15) is 11.5 Å². The van der Waals surface area contributed by atoms with Crippen molar-refractivity contribution in [2.24, 2.45) is 11.8 Å². The Bertz CT molecular complexity index is 641. The summed E-state index contributed by atoms with van der Waals surface area (Å²) in [5.74, 6) is 2.31. The Labute approximate surface area is 135 Å². The van der Waals surface area contributed by atoms with Crippen LogP contribution in [0.15, 0.2) is 12.1 Å². The van der Waals surface area contributed by atoms with Crippen LogP contribution >= 0.6 is 0 Å². The quantitative estimate of drug-likeness (QED) is 0.628. The Kier molecular flexibility index (Phi) is 2.85. The van der Waals surface area contributed by atoms with Gasteiger partial charge in [-0.15, -0.1) is 0 Å². The molecular formula is C19H20O4. The van der Waals surface area contributed by atoms with E-state index in [2.05, 4.69) is 0 Å². The summed E-state index contributed by atoms with van der Waals surface area (Å²) in [5.41, 5.74) is 2.27. The van der Waals surface area contributed by atoms with Crippen LogP contribution in [0.2, 0.25) is 0 Å². The lowest BCUT2D eigenvalue weighted by molar-refractivity contribution is -0.137. The summed E-state index contributed by atoms with van der Waals surface area (Å²) >= 11 is 0. The van der Waals surface area contributed by atoms with Crippen molar-refractivity contribution in [3.05, 3.63) is 23.3 Å². The number of esters is 2. The van der Waals surface area contributed by atoms with Crippen LogP contribution in [-0.4, -0.2) is 11.9 Å². The number of fused-ring (bicyclic) bond motifs is 5. The van der Waals surface area contributed by atoms with Gasteiger partial charge in [-0.3, -0.25) is 9.59 Å². The van der Waals surface area contributed by atoms with E-state index < -0.39 is 0 Å². The van der Waals surface area contributed by atoms with Crippen molar-refractivity contribution in [3.63, 3.8) is 0 Å². The largest absolute Gasteiger partial charge is 0.426 e. The molecule has 3 fully saturated rings. The van der Waals surface area contributed by atoms with Crippen molar-refractivity contribution in [1.82, 2.24) is 0 Å². The highest BCUT2D eigenvalue weighted by Gasteiger charge is 2.43. The Hall–Kier alpha value is -1.84. The zero-order chi connectivity index (χ0) is 15.6. The molecule has 0 amide bonds. The molecule has 4 aliphatic carbocycles. The fourth-order valence-corrected chi connectivity index (χ4v) is 4.14. The average Bonchev–Trinajstić information content (AvgIpc) is 3.47. The number of rotatable bonds is 4. The van der Waals surface area contributed by atoms with Crippen molar-refractivity contribution >= 4 is 11.9 Å². The van der Waals surface area contributed by atoms with E-state index in [0.29, 0.717) is 23.3 Å². The summed E-state index contributed by atoms with van der Waals surface area (Å²) in [6.07, 6.45) is 7.18. The normalized spacial score (nSPS) is 27.7. The number of hydrogen-bond donors (Lipinski definition) is 0.